The lowest BCUT2D eigenvalue weighted by Crippen LogP contribution is -2.44. The molecule has 9 heteroatoms. The molecule has 0 aliphatic carbocycles. The Morgan fingerprint density at radius 1 is 1.18 bits per heavy atom. The molecule has 1 aromatic carbocycles. The summed E-state index contributed by atoms with van der Waals surface area (Å²) in [5.74, 6) is 1.44. The molecule has 1 fully saturated rings. The number of piperidine rings is 1. The number of nitrogens with zero attached hydrogens (tertiary/aromatic N) is 3. The second-order valence-electron chi connectivity index (χ2n) is 6.52. The van der Waals surface area contributed by atoms with E-state index in [2.05, 4.69) is 10.2 Å². The van der Waals surface area contributed by atoms with Gasteiger partial charge in [-0.1, -0.05) is 0 Å². The first kappa shape index (κ1) is 20.3. The largest absolute Gasteiger partial charge is 0.494 e. The van der Waals surface area contributed by atoms with Gasteiger partial charge in [0.05, 0.1) is 25.2 Å². The number of aromatic nitrogens is 2. The molecule has 1 aliphatic rings. The summed E-state index contributed by atoms with van der Waals surface area (Å²) in [6.07, 6.45) is 1.18. The minimum Gasteiger partial charge on any atom is -0.494 e. The summed E-state index contributed by atoms with van der Waals surface area (Å²) in [6.45, 7) is 5.00. The average molecular weight is 407 g/mol. The predicted molar refractivity (Wildman–Crippen MR) is 103 cm³/mol. The predicted octanol–water partition coefficient (Wildman–Crippen LogP) is 2.42. The number of sulfonamides is 1. The van der Waals surface area contributed by atoms with Gasteiger partial charge in [0.15, 0.2) is 0 Å². The highest BCUT2D eigenvalue weighted by Gasteiger charge is 2.31. The highest BCUT2D eigenvalue weighted by Crippen LogP contribution is 2.27. The summed E-state index contributed by atoms with van der Waals surface area (Å²) < 4.78 is 43.9. The van der Waals surface area contributed by atoms with Gasteiger partial charge < -0.3 is 14.2 Å². The van der Waals surface area contributed by atoms with Gasteiger partial charge in [-0.25, -0.2) is 8.42 Å². The van der Waals surface area contributed by atoms with Gasteiger partial charge in [0, 0.05) is 18.7 Å². The molecule has 0 bridgehead atoms. The average Bonchev–Trinajstić information content (AvgIpc) is 2.70. The van der Waals surface area contributed by atoms with E-state index in [4.69, 9.17) is 14.2 Å². The van der Waals surface area contributed by atoms with Crippen LogP contribution in [0.1, 0.15) is 25.3 Å². The van der Waals surface area contributed by atoms with Gasteiger partial charge in [0.1, 0.15) is 11.9 Å². The second kappa shape index (κ2) is 8.74. The molecule has 0 amide bonds. The highest BCUT2D eigenvalue weighted by atomic mass is 32.2. The standard InChI is InChI=1S/C19H25N3O5S/c1-4-26-17-8-7-16(12-14(17)2)28(23,24)22-11-5-6-15(13-22)27-19-10-9-18(25-3)20-21-19/h7-10,12,15H,4-6,11,13H2,1-3H3. The first-order valence-electron chi connectivity index (χ1n) is 9.22. The lowest BCUT2D eigenvalue weighted by Gasteiger charge is -2.31. The van der Waals surface area contributed by atoms with Crippen molar-refractivity contribution in [3.63, 3.8) is 0 Å². The van der Waals surface area contributed by atoms with E-state index in [1.54, 1.807) is 30.3 Å². The van der Waals surface area contributed by atoms with Crippen molar-refractivity contribution in [2.45, 2.75) is 37.7 Å². The smallest absolute Gasteiger partial charge is 0.243 e. The van der Waals surface area contributed by atoms with E-state index < -0.39 is 10.0 Å². The minimum absolute atomic E-state index is 0.262. The van der Waals surface area contributed by atoms with E-state index in [9.17, 15) is 8.42 Å². The van der Waals surface area contributed by atoms with E-state index >= 15 is 0 Å². The molecule has 0 spiro atoms. The molecule has 3 rings (SSSR count). The van der Waals surface area contributed by atoms with E-state index in [1.807, 2.05) is 13.8 Å². The fraction of sp³-hybridized carbons (Fsp3) is 0.474. The van der Waals surface area contributed by atoms with Crippen molar-refractivity contribution in [2.75, 3.05) is 26.8 Å². The highest BCUT2D eigenvalue weighted by molar-refractivity contribution is 7.89. The summed E-state index contributed by atoms with van der Waals surface area (Å²) in [5, 5.41) is 7.82. The maximum Gasteiger partial charge on any atom is 0.243 e. The van der Waals surface area contributed by atoms with Crippen LogP contribution in [0.15, 0.2) is 35.2 Å². The fourth-order valence-electron chi connectivity index (χ4n) is 3.12. The van der Waals surface area contributed by atoms with Crippen LogP contribution in [0.2, 0.25) is 0 Å². The fourth-order valence-corrected chi connectivity index (χ4v) is 4.71. The number of hydrogen-bond acceptors (Lipinski definition) is 7. The number of methoxy groups -OCH3 is 1. The van der Waals surface area contributed by atoms with Crippen LogP contribution in [0.3, 0.4) is 0 Å². The van der Waals surface area contributed by atoms with Crippen LogP contribution in [0.4, 0.5) is 0 Å². The number of benzene rings is 1. The Morgan fingerprint density at radius 2 is 1.93 bits per heavy atom. The normalized spacial score (nSPS) is 17.9. The molecule has 28 heavy (non-hydrogen) atoms. The molecule has 1 aromatic heterocycles. The second-order valence-corrected chi connectivity index (χ2v) is 8.46. The molecular weight excluding hydrogens is 382 g/mol. The van der Waals surface area contributed by atoms with Crippen molar-refractivity contribution in [2.24, 2.45) is 0 Å². The third-order valence-electron chi connectivity index (χ3n) is 4.54. The summed E-state index contributed by atoms with van der Waals surface area (Å²) in [5.41, 5.74) is 0.793. The molecule has 152 valence electrons. The van der Waals surface area contributed by atoms with Gasteiger partial charge in [-0.15, -0.1) is 10.2 Å². The van der Waals surface area contributed by atoms with Gasteiger partial charge in [-0.2, -0.15) is 4.31 Å². The summed E-state index contributed by atoms with van der Waals surface area (Å²) >= 11 is 0. The molecule has 0 radical (unpaired) electrons. The Bertz CT molecular complexity index is 902. The molecule has 1 atom stereocenters. The van der Waals surface area contributed by atoms with Crippen molar-refractivity contribution in [3.05, 3.63) is 35.9 Å². The number of hydrogen-bond donors (Lipinski definition) is 0. The Balaban J connectivity index is 1.72. The Labute approximate surface area is 165 Å². The van der Waals surface area contributed by atoms with E-state index in [-0.39, 0.29) is 17.5 Å². The van der Waals surface area contributed by atoms with Crippen LogP contribution in [-0.2, 0) is 10.0 Å². The lowest BCUT2D eigenvalue weighted by atomic mass is 10.1. The molecule has 2 aromatic rings. The van der Waals surface area contributed by atoms with E-state index in [1.165, 1.54) is 11.4 Å². The van der Waals surface area contributed by atoms with Crippen LogP contribution < -0.4 is 14.2 Å². The molecular formula is C19H25N3O5S. The van der Waals surface area contributed by atoms with Crippen LogP contribution in [0.25, 0.3) is 0 Å². The quantitative estimate of drug-likeness (QED) is 0.696. The van der Waals surface area contributed by atoms with Crippen molar-refractivity contribution < 1.29 is 22.6 Å². The monoisotopic (exact) mass is 407 g/mol. The van der Waals surface area contributed by atoms with Gasteiger partial charge in [-0.05, 0) is 50.5 Å². The summed E-state index contributed by atoms with van der Waals surface area (Å²) in [7, 11) is -2.10. The first-order chi connectivity index (χ1) is 13.4. The third kappa shape index (κ3) is 4.53. The van der Waals surface area contributed by atoms with Crippen LogP contribution in [-0.4, -0.2) is 55.8 Å². The minimum atomic E-state index is -3.61. The van der Waals surface area contributed by atoms with Gasteiger partial charge in [0.2, 0.25) is 21.8 Å². The summed E-state index contributed by atoms with van der Waals surface area (Å²) in [6, 6.07) is 8.26. The topological polar surface area (TPSA) is 90.9 Å². The van der Waals surface area contributed by atoms with E-state index in [0.29, 0.717) is 37.1 Å². The van der Waals surface area contributed by atoms with Crippen LogP contribution >= 0.6 is 0 Å². The van der Waals surface area contributed by atoms with E-state index in [0.717, 1.165) is 12.0 Å². The summed E-state index contributed by atoms with van der Waals surface area (Å²) in [4.78, 5) is 0.262. The number of aryl methyl sites for hydroxylation is 1. The Hall–Kier alpha value is -2.39. The van der Waals surface area contributed by atoms with Crippen molar-refractivity contribution >= 4 is 10.0 Å². The molecule has 2 heterocycles. The Morgan fingerprint density at radius 3 is 2.57 bits per heavy atom. The van der Waals surface area contributed by atoms with Gasteiger partial charge in [0.25, 0.3) is 0 Å². The molecule has 8 nitrogen and oxygen atoms in total. The molecule has 1 saturated heterocycles. The zero-order chi connectivity index (χ0) is 20.1. The molecule has 1 aliphatic heterocycles. The van der Waals surface area contributed by atoms with Crippen LogP contribution in [0.5, 0.6) is 17.5 Å². The van der Waals surface area contributed by atoms with Gasteiger partial charge in [-0.3, -0.25) is 0 Å². The van der Waals surface area contributed by atoms with Crippen molar-refractivity contribution in [1.29, 1.82) is 0 Å². The third-order valence-corrected chi connectivity index (χ3v) is 6.40. The van der Waals surface area contributed by atoms with Crippen LogP contribution in [0, 0.1) is 6.92 Å². The number of ether oxygens (including phenoxy) is 3. The zero-order valence-corrected chi connectivity index (χ0v) is 17.1. The molecule has 0 N–H and O–H groups in total. The first-order valence-corrected chi connectivity index (χ1v) is 10.7. The molecule has 1 unspecified atom stereocenters. The SMILES string of the molecule is CCOc1ccc(S(=O)(=O)N2CCCC(Oc3ccc(OC)nn3)C2)cc1C. The lowest BCUT2D eigenvalue weighted by molar-refractivity contribution is 0.123. The van der Waals surface area contributed by atoms with Crippen molar-refractivity contribution in [3.8, 4) is 17.5 Å². The maximum atomic E-state index is 13.1. The maximum absolute atomic E-state index is 13.1. The molecule has 0 saturated carbocycles. The zero-order valence-electron chi connectivity index (χ0n) is 16.3. The Kier molecular flexibility index (Phi) is 6.35. The van der Waals surface area contributed by atoms with Crippen molar-refractivity contribution in [1.82, 2.24) is 14.5 Å². The number of rotatable bonds is 7. The van der Waals surface area contributed by atoms with Gasteiger partial charge >= 0.3 is 0 Å².